The van der Waals surface area contributed by atoms with E-state index in [-0.39, 0.29) is 17.4 Å². The van der Waals surface area contributed by atoms with E-state index in [1.54, 1.807) is 6.07 Å². The molecule has 11 heteroatoms. The molecule has 0 unspecified atom stereocenters. The number of nitrogens with two attached hydrogens (primary N) is 1. The van der Waals surface area contributed by atoms with Crippen molar-refractivity contribution in [2.75, 3.05) is 35.7 Å². The minimum absolute atomic E-state index is 0.00615. The summed E-state index contributed by atoms with van der Waals surface area (Å²) in [5.74, 6) is -0.374. The van der Waals surface area contributed by atoms with Gasteiger partial charge in [-0.1, -0.05) is 24.7 Å². The van der Waals surface area contributed by atoms with Crippen LogP contribution in [-0.4, -0.2) is 40.6 Å². The average molecular weight is 451 g/mol. The predicted molar refractivity (Wildman–Crippen MR) is 124 cm³/mol. The molecule has 0 fully saturated rings. The van der Waals surface area contributed by atoms with Crippen molar-refractivity contribution in [2.24, 2.45) is 0 Å². The van der Waals surface area contributed by atoms with Crippen LogP contribution in [0.3, 0.4) is 0 Å². The summed E-state index contributed by atoms with van der Waals surface area (Å²) in [6, 6.07) is 1.79. The predicted octanol–water partition coefficient (Wildman–Crippen LogP) is 2.71. The number of nitrogens with one attached hydrogen (secondary N) is 1. The van der Waals surface area contributed by atoms with E-state index < -0.39 is 11.2 Å². The summed E-state index contributed by atoms with van der Waals surface area (Å²) in [5.41, 5.74) is 4.85. The van der Waals surface area contributed by atoms with Gasteiger partial charge in [0.15, 0.2) is 10.8 Å². The summed E-state index contributed by atoms with van der Waals surface area (Å²) in [4.78, 5) is 49.1. The van der Waals surface area contributed by atoms with Crippen molar-refractivity contribution in [1.29, 1.82) is 0 Å². The van der Waals surface area contributed by atoms with Gasteiger partial charge in [-0.25, -0.2) is 9.78 Å². The van der Waals surface area contributed by atoms with Gasteiger partial charge in [-0.05, 0) is 26.3 Å². The number of aromatic nitrogens is 3. The van der Waals surface area contributed by atoms with Gasteiger partial charge in [-0.3, -0.25) is 19.1 Å². The molecule has 162 valence electrons. The van der Waals surface area contributed by atoms with Crippen LogP contribution >= 0.6 is 22.7 Å². The van der Waals surface area contributed by atoms with Gasteiger partial charge >= 0.3 is 5.69 Å². The number of anilines is 3. The summed E-state index contributed by atoms with van der Waals surface area (Å²) >= 11 is 2.82. The Labute approximate surface area is 181 Å². The largest absolute Gasteiger partial charge is 0.383 e. The van der Waals surface area contributed by atoms with Gasteiger partial charge in [0, 0.05) is 26.7 Å². The molecule has 9 nitrogen and oxygen atoms in total. The Kier molecular flexibility index (Phi) is 6.61. The molecule has 30 heavy (non-hydrogen) atoms. The van der Waals surface area contributed by atoms with Gasteiger partial charge in [0.25, 0.3) is 11.5 Å². The minimum atomic E-state index is -0.679. The van der Waals surface area contributed by atoms with Crippen LogP contribution in [-0.2, 0) is 6.54 Å². The maximum Gasteiger partial charge on any atom is 0.330 e. The summed E-state index contributed by atoms with van der Waals surface area (Å²) in [5, 5.41) is 0.928. The molecule has 0 saturated carbocycles. The van der Waals surface area contributed by atoms with E-state index in [0.717, 1.165) is 40.6 Å². The molecule has 3 aromatic rings. The van der Waals surface area contributed by atoms with E-state index in [1.165, 1.54) is 39.2 Å². The quantitative estimate of drug-likeness (QED) is 0.545. The maximum absolute atomic E-state index is 13.1. The van der Waals surface area contributed by atoms with Crippen LogP contribution in [0.1, 0.15) is 43.3 Å². The van der Waals surface area contributed by atoms with E-state index in [9.17, 15) is 14.4 Å². The topological polar surface area (TPSA) is 117 Å². The van der Waals surface area contributed by atoms with Crippen LogP contribution in [0, 0.1) is 0 Å². The third kappa shape index (κ3) is 3.99. The lowest BCUT2D eigenvalue weighted by molar-refractivity contribution is 0.0996. The molecule has 1 amide bonds. The van der Waals surface area contributed by atoms with Gasteiger partial charge in [0.2, 0.25) is 0 Å². The van der Waals surface area contributed by atoms with Crippen molar-refractivity contribution in [3.63, 3.8) is 0 Å². The summed E-state index contributed by atoms with van der Waals surface area (Å²) in [7, 11) is 1.49. The molecule has 0 saturated heterocycles. The third-order valence-corrected chi connectivity index (χ3v) is 7.12. The van der Waals surface area contributed by atoms with Gasteiger partial charge in [0.1, 0.15) is 10.6 Å². The number of H-pyrrole nitrogens is 1. The number of aromatic amines is 1. The molecule has 3 rings (SSSR count). The van der Waals surface area contributed by atoms with Crippen LogP contribution in [0.5, 0.6) is 0 Å². The molecule has 0 bridgehead atoms. The van der Waals surface area contributed by atoms with Crippen molar-refractivity contribution in [1.82, 2.24) is 14.5 Å². The molecule has 0 aliphatic heterocycles. The molecule has 0 atom stereocenters. The number of amides is 1. The number of carbonyl (C=O) groups excluding carboxylic acids is 1. The lowest BCUT2D eigenvalue weighted by Crippen LogP contribution is -2.39. The fourth-order valence-corrected chi connectivity index (χ4v) is 5.48. The lowest BCUT2D eigenvalue weighted by atomic mass is 10.3. The Morgan fingerprint density at radius 3 is 2.53 bits per heavy atom. The fourth-order valence-electron chi connectivity index (χ4n) is 3.17. The molecule has 0 radical (unpaired) electrons. The monoisotopic (exact) mass is 450 g/mol. The summed E-state index contributed by atoms with van der Waals surface area (Å²) in [6.07, 6.45) is 1.60. The second kappa shape index (κ2) is 9.00. The lowest BCUT2D eigenvalue weighted by Gasteiger charge is -2.19. The zero-order valence-corrected chi connectivity index (χ0v) is 19.2. The van der Waals surface area contributed by atoms with Gasteiger partial charge in [-0.15, -0.1) is 11.3 Å². The molecule has 0 aliphatic carbocycles. The van der Waals surface area contributed by atoms with E-state index in [2.05, 4.69) is 28.7 Å². The number of unbranched alkanes of at least 4 members (excludes halogenated alkanes) is 1. The zero-order valence-electron chi connectivity index (χ0n) is 17.5. The second-order valence-electron chi connectivity index (χ2n) is 6.81. The number of thiophene rings is 1. The van der Waals surface area contributed by atoms with Crippen molar-refractivity contribution in [2.45, 2.75) is 40.2 Å². The smallest absolute Gasteiger partial charge is 0.330 e. The summed E-state index contributed by atoms with van der Waals surface area (Å²) < 4.78 is 2.23. The highest BCUT2D eigenvalue weighted by atomic mass is 32.1. The van der Waals surface area contributed by atoms with Crippen molar-refractivity contribution >= 4 is 54.7 Å². The molecular weight excluding hydrogens is 424 g/mol. The molecule has 3 heterocycles. The van der Waals surface area contributed by atoms with Crippen molar-refractivity contribution in [3.05, 3.63) is 31.8 Å². The average Bonchev–Trinajstić information content (AvgIpc) is 3.27. The number of hydrogen-bond donors (Lipinski definition) is 2. The van der Waals surface area contributed by atoms with Crippen LogP contribution in [0.25, 0.3) is 9.53 Å². The van der Waals surface area contributed by atoms with E-state index in [0.29, 0.717) is 11.4 Å². The van der Waals surface area contributed by atoms with Gasteiger partial charge < -0.3 is 15.5 Å². The van der Waals surface area contributed by atoms with Crippen molar-refractivity contribution < 1.29 is 4.79 Å². The fraction of sp³-hybridized carbons (Fsp3) is 0.474. The maximum atomic E-state index is 13.1. The first kappa shape index (κ1) is 22.0. The first-order valence-electron chi connectivity index (χ1n) is 9.88. The number of carbonyl (C=O) groups is 1. The van der Waals surface area contributed by atoms with Crippen LogP contribution in [0.15, 0.2) is 15.7 Å². The molecule has 3 N–H and O–H groups in total. The Hall–Kier alpha value is -2.66. The number of rotatable bonds is 8. The number of hydrogen-bond acceptors (Lipinski definition) is 8. The second-order valence-corrected chi connectivity index (χ2v) is 8.85. The van der Waals surface area contributed by atoms with Gasteiger partial charge in [0.05, 0.1) is 9.58 Å². The molecule has 0 spiro atoms. The number of thiazole rings is 1. The van der Waals surface area contributed by atoms with E-state index in [4.69, 9.17) is 5.73 Å². The Morgan fingerprint density at radius 2 is 1.93 bits per heavy atom. The number of fused-ring (bicyclic) bond motifs is 1. The molecule has 3 aromatic heterocycles. The molecular formula is C19H26N6O3S2. The minimum Gasteiger partial charge on any atom is -0.383 e. The highest BCUT2D eigenvalue weighted by Crippen LogP contribution is 2.35. The Bertz CT molecular complexity index is 1140. The molecule has 0 aliphatic rings. The van der Waals surface area contributed by atoms with Crippen LogP contribution in [0.4, 0.5) is 16.6 Å². The van der Waals surface area contributed by atoms with E-state index >= 15 is 0 Å². The molecule has 0 aromatic carbocycles. The van der Waals surface area contributed by atoms with Crippen LogP contribution < -0.4 is 26.8 Å². The summed E-state index contributed by atoms with van der Waals surface area (Å²) in [6.45, 7) is 8.24. The highest BCUT2D eigenvalue weighted by Gasteiger charge is 2.24. The third-order valence-electron chi connectivity index (χ3n) is 4.91. The van der Waals surface area contributed by atoms with Crippen LogP contribution in [0.2, 0.25) is 0 Å². The first-order chi connectivity index (χ1) is 14.3. The Morgan fingerprint density at radius 1 is 1.23 bits per heavy atom. The van der Waals surface area contributed by atoms with Crippen molar-refractivity contribution in [3.8, 4) is 0 Å². The SMILES string of the molecule is CCCCn1c(N)c(N(C)C(=O)c2cc3sc(N(CC)CC)nc3s2)c(=O)[nH]c1=O. The first-order valence-corrected chi connectivity index (χ1v) is 11.5. The Balaban J connectivity index is 1.95. The number of nitrogen functional groups attached to an aromatic ring is 1. The highest BCUT2D eigenvalue weighted by molar-refractivity contribution is 7.29. The van der Waals surface area contributed by atoms with Gasteiger partial charge in [-0.2, -0.15) is 0 Å². The zero-order chi connectivity index (χ0) is 22.0. The standard InChI is InChI=1S/C19H26N6O3S2/c1-5-8-9-25-14(20)13(15(26)21-18(25)28)23(4)17(27)12-10-11-16(29-12)22-19(30-11)24(6-2)7-3/h10H,5-9,20H2,1-4H3,(H,21,26,28). The normalized spacial score (nSPS) is 11.2. The number of nitrogens with zero attached hydrogens (tertiary/aromatic N) is 4. The van der Waals surface area contributed by atoms with E-state index in [1.807, 2.05) is 6.92 Å².